The number of aliphatic carboxylic acids is 1. The summed E-state index contributed by atoms with van der Waals surface area (Å²) >= 11 is 0. The summed E-state index contributed by atoms with van der Waals surface area (Å²) in [6.45, 7) is 7.13. The molecule has 4 heteroatoms. The fraction of sp³-hybridized carbons (Fsp3) is 0.500. The van der Waals surface area contributed by atoms with Gasteiger partial charge in [0.05, 0.1) is 0 Å². The van der Waals surface area contributed by atoms with Crippen LogP contribution in [-0.2, 0) is 9.53 Å². The summed E-state index contributed by atoms with van der Waals surface area (Å²) < 4.78 is 6.37. The molecule has 162 valence electrons. The van der Waals surface area contributed by atoms with Crippen LogP contribution in [0, 0.1) is 11.8 Å². The Morgan fingerprint density at radius 1 is 1.10 bits per heavy atom. The number of rotatable bonds is 10. The predicted molar refractivity (Wildman–Crippen MR) is 120 cm³/mol. The van der Waals surface area contributed by atoms with Gasteiger partial charge in [0.15, 0.2) is 0 Å². The van der Waals surface area contributed by atoms with E-state index in [0.717, 1.165) is 32.4 Å². The molecule has 2 aromatic rings. The molecule has 1 heterocycles. The van der Waals surface area contributed by atoms with Gasteiger partial charge in [-0.1, -0.05) is 74.5 Å². The van der Waals surface area contributed by atoms with Crippen molar-refractivity contribution in [3.05, 3.63) is 71.8 Å². The molecule has 3 rings (SSSR count). The predicted octanol–water partition coefficient (Wildman–Crippen LogP) is 5.39. The second-order valence-corrected chi connectivity index (χ2v) is 8.44. The Kier molecular flexibility index (Phi) is 8.47. The Balaban J connectivity index is 1.55. The van der Waals surface area contributed by atoms with Crippen molar-refractivity contribution in [2.75, 3.05) is 19.7 Å². The average Bonchev–Trinajstić information content (AvgIpc) is 2.76. The minimum absolute atomic E-state index is 0.0467. The van der Waals surface area contributed by atoms with Crippen LogP contribution in [-0.4, -0.2) is 41.7 Å². The van der Waals surface area contributed by atoms with Crippen LogP contribution in [0.2, 0.25) is 0 Å². The summed E-state index contributed by atoms with van der Waals surface area (Å²) in [5.41, 5.74) is 2.36. The number of carboxylic acid groups (broad SMARTS) is 1. The highest BCUT2D eigenvalue weighted by Crippen LogP contribution is 2.33. The molecule has 0 spiro atoms. The van der Waals surface area contributed by atoms with E-state index in [1.165, 1.54) is 11.1 Å². The minimum atomic E-state index is -0.670. The number of nitrogens with zero attached hydrogens (tertiary/aromatic N) is 1. The maximum Gasteiger partial charge on any atom is 0.303 e. The number of carbonyl (C=O) groups is 1. The van der Waals surface area contributed by atoms with Gasteiger partial charge >= 0.3 is 5.97 Å². The van der Waals surface area contributed by atoms with E-state index in [-0.39, 0.29) is 6.10 Å². The smallest absolute Gasteiger partial charge is 0.303 e. The van der Waals surface area contributed by atoms with Gasteiger partial charge in [-0.3, -0.25) is 4.79 Å². The fourth-order valence-electron chi connectivity index (χ4n) is 4.94. The topological polar surface area (TPSA) is 49.8 Å². The van der Waals surface area contributed by atoms with Gasteiger partial charge in [-0.2, -0.15) is 0 Å². The molecule has 4 nitrogen and oxygen atoms in total. The number of benzene rings is 2. The van der Waals surface area contributed by atoms with Crippen LogP contribution in [0.4, 0.5) is 0 Å². The van der Waals surface area contributed by atoms with Crippen LogP contribution in [0.15, 0.2) is 60.7 Å². The van der Waals surface area contributed by atoms with Crippen LogP contribution in [0.25, 0.3) is 0 Å². The fourth-order valence-corrected chi connectivity index (χ4v) is 4.94. The largest absolute Gasteiger partial charge is 0.481 e. The Morgan fingerprint density at radius 3 is 2.23 bits per heavy atom. The number of carboxylic acids is 1. The normalized spacial score (nSPS) is 22.3. The molecular weight excluding hydrogens is 374 g/mol. The Morgan fingerprint density at radius 2 is 1.70 bits per heavy atom. The summed E-state index contributed by atoms with van der Waals surface area (Å²) in [5.74, 6) is 0.0408. The van der Waals surface area contributed by atoms with Gasteiger partial charge in [0, 0.05) is 25.6 Å². The maximum atomic E-state index is 11.2. The minimum Gasteiger partial charge on any atom is -0.481 e. The SMILES string of the molecule is CCC1C(C)C(CC(=O)O)CCN1CCCOC(c1ccccc1)c1ccccc1. The third kappa shape index (κ3) is 5.93. The highest BCUT2D eigenvalue weighted by atomic mass is 16.5. The standard InChI is InChI=1S/C26H35NO3/c1-3-24-20(2)23(19-25(28)29)15-17-27(24)16-10-18-30-26(21-11-6-4-7-12-21)22-13-8-5-9-14-22/h4-9,11-14,20,23-24,26H,3,10,15-19H2,1-2H3,(H,28,29). The molecule has 30 heavy (non-hydrogen) atoms. The van der Waals surface area contributed by atoms with Crippen molar-refractivity contribution < 1.29 is 14.6 Å². The average molecular weight is 410 g/mol. The molecule has 3 atom stereocenters. The van der Waals surface area contributed by atoms with Gasteiger partial charge in [0.25, 0.3) is 0 Å². The number of hydrogen-bond acceptors (Lipinski definition) is 3. The first-order valence-corrected chi connectivity index (χ1v) is 11.3. The lowest BCUT2D eigenvalue weighted by molar-refractivity contribution is -0.139. The van der Waals surface area contributed by atoms with Crippen molar-refractivity contribution in [3.8, 4) is 0 Å². The van der Waals surface area contributed by atoms with E-state index in [0.29, 0.717) is 30.9 Å². The van der Waals surface area contributed by atoms with Gasteiger partial charge in [-0.15, -0.1) is 0 Å². The number of likely N-dealkylation sites (tertiary alicyclic amines) is 1. The first-order valence-electron chi connectivity index (χ1n) is 11.3. The molecule has 1 saturated heterocycles. The van der Waals surface area contributed by atoms with E-state index in [4.69, 9.17) is 4.74 Å². The maximum absolute atomic E-state index is 11.2. The highest BCUT2D eigenvalue weighted by molar-refractivity contribution is 5.67. The van der Waals surface area contributed by atoms with Crippen LogP contribution >= 0.6 is 0 Å². The Labute approximate surface area is 180 Å². The van der Waals surface area contributed by atoms with E-state index >= 15 is 0 Å². The molecule has 0 amide bonds. The third-order valence-electron chi connectivity index (χ3n) is 6.54. The van der Waals surface area contributed by atoms with Crippen molar-refractivity contribution in [1.29, 1.82) is 0 Å². The Bertz CT molecular complexity index is 725. The van der Waals surface area contributed by atoms with Gasteiger partial charge in [-0.25, -0.2) is 0 Å². The zero-order valence-electron chi connectivity index (χ0n) is 18.2. The van der Waals surface area contributed by atoms with Crippen LogP contribution in [0.3, 0.4) is 0 Å². The number of hydrogen-bond donors (Lipinski definition) is 1. The molecule has 0 aromatic heterocycles. The second kappa shape index (κ2) is 11.3. The molecule has 1 N–H and O–H groups in total. The molecule has 0 radical (unpaired) electrons. The molecule has 1 fully saturated rings. The lowest BCUT2D eigenvalue weighted by atomic mass is 9.78. The van der Waals surface area contributed by atoms with Crippen molar-refractivity contribution in [1.82, 2.24) is 4.90 Å². The van der Waals surface area contributed by atoms with E-state index < -0.39 is 5.97 Å². The Hall–Kier alpha value is -2.17. The molecule has 0 aliphatic carbocycles. The van der Waals surface area contributed by atoms with Crippen molar-refractivity contribution in [2.24, 2.45) is 11.8 Å². The number of ether oxygens (including phenoxy) is 1. The second-order valence-electron chi connectivity index (χ2n) is 8.44. The van der Waals surface area contributed by atoms with E-state index in [2.05, 4.69) is 67.3 Å². The number of piperidine rings is 1. The molecule has 3 unspecified atom stereocenters. The van der Waals surface area contributed by atoms with E-state index in [9.17, 15) is 9.90 Å². The molecule has 2 aromatic carbocycles. The lowest BCUT2D eigenvalue weighted by Crippen LogP contribution is -2.48. The van der Waals surface area contributed by atoms with Crippen LogP contribution < -0.4 is 0 Å². The third-order valence-corrected chi connectivity index (χ3v) is 6.54. The highest BCUT2D eigenvalue weighted by Gasteiger charge is 2.34. The quantitative estimate of drug-likeness (QED) is 0.534. The zero-order chi connectivity index (χ0) is 21.3. The van der Waals surface area contributed by atoms with Crippen molar-refractivity contribution in [2.45, 2.75) is 51.7 Å². The molecule has 1 aliphatic heterocycles. The van der Waals surface area contributed by atoms with Gasteiger partial charge in [0.2, 0.25) is 0 Å². The first kappa shape index (κ1) is 22.5. The molecule has 0 saturated carbocycles. The summed E-state index contributed by atoms with van der Waals surface area (Å²) in [7, 11) is 0. The zero-order valence-corrected chi connectivity index (χ0v) is 18.2. The van der Waals surface area contributed by atoms with E-state index in [1.807, 2.05) is 12.1 Å². The first-order chi connectivity index (χ1) is 14.6. The van der Waals surface area contributed by atoms with Gasteiger partial charge in [0.1, 0.15) is 6.10 Å². The van der Waals surface area contributed by atoms with Crippen LogP contribution in [0.1, 0.15) is 56.8 Å². The van der Waals surface area contributed by atoms with Gasteiger partial charge < -0.3 is 14.7 Å². The lowest BCUT2D eigenvalue weighted by Gasteiger charge is -2.44. The van der Waals surface area contributed by atoms with Crippen molar-refractivity contribution >= 4 is 5.97 Å². The van der Waals surface area contributed by atoms with Gasteiger partial charge in [-0.05, 0) is 48.8 Å². The summed E-state index contributed by atoms with van der Waals surface area (Å²) in [6.07, 6.45) is 3.26. The monoisotopic (exact) mass is 409 g/mol. The summed E-state index contributed by atoms with van der Waals surface area (Å²) in [5, 5.41) is 9.19. The van der Waals surface area contributed by atoms with E-state index in [1.54, 1.807) is 0 Å². The van der Waals surface area contributed by atoms with Crippen molar-refractivity contribution in [3.63, 3.8) is 0 Å². The molecular formula is C26H35NO3. The summed E-state index contributed by atoms with van der Waals surface area (Å²) in [4.78, 5) is 13.7. The molecule has 0 bridgehead atoms. The summed E-state index contributed by atoms with van der Waals surface area (Å²) in [6, 6.07) is 21.3. The molecule has 1 aliphatic rings. The van der Waals surface area contributed by atoms with Crippen LogP contribution in [0.5, 0.6) is 0 Å².